The van der Waals surface area contributed by atoms with Gasteiger partial charge in [-0.25, -0.2) is 4.79 Å². The van der Waals surface area contributed by atoms with Crippen LogP contribution in [0.4, 0.5) is 0 Å². The molecule has 0 aliphatic carbocycles. The van der Waals surface area contributed by atoms with Crippen LogP contribution in [0.1, 0.15) is 31.8 Å². The van der Waals surface area contributed by atoms with Crippen LogP contribution in [0.5, 0.6) is 0 Å². The Kier molecular flexibility index (Phi) is 2.78. The van der Waals surface area contributed by atoms with Gasteiger partial charge in [0.1, 0.15) is 0 Å². The fourth-order valence-electron chi connectivity index (χ4n) is 2.39. The molecule has 0 saturated carbocycles. The van der Waals surface area contributed by atoms with Gasteiger partial charge in [-0.15, -0.1) is 0 Å². The van der Waals surface area contributed by atoms with Gasteiger partial charge in [0.05, 0.1) is 17.3 Å². The van der Waals surface area contributed by atoms with Crippen LogP contribution < -0.4 is 0 Å². The van der Waals surface area contributed by atoms with Gasteiger partial charge in [0.25, 0.3) is 5.91 Å². The first-order valence-corrected chi connectivity index (χ1v) is 6.17. The van der Waals surface area contributed by atoms with Crippen LogP contribution in [0.2, 0.25) is 0 Å². The van der Waals surface area contributed by atoms with Crippen LogP contribution in [0, 0.1) is 0 Å². The van der Waals surface area contributed by atoms with Gasteiger partial charge in [0.15, 0.2) is 0 Å². The van der Waals surface area contributed by atoms with Gasteiger partial charge in [0, 0.05) is 26.3 Å². The number of carbonyl (C=O) groups is 2. The summed E-state index contributed by atoms with van der Waals surface area (Å²) in [7, 11) is 1.76. The molecule has 0 saturated heterocycles. The lowest BCUT2D eigenvalue weighted by molar-refractivity contribution is 0.0696. The molecule has 0 fully saturated rings. The van der Waals surface area contributed by atoms with Gasteiger partial charge in [0.2, 0.25) is 0 Å². The van der Waals surface area contributed by atoms with Crippen LogP contribution >= 0.6 is 0 Å². The van der Waals surface area contributed by atoms with Gasteiger partial charge < -0.3 is 10.0 Å². The molecule has 1 amide bonds. The van der Waals surface area contributed by atoms with Crippen molar-refractivity contribution in [3.63, 3.8) is 0 Å². The Morgan fingerprint density at radius 1 is 1.20 bits per heavy atom. The fourth-order valence-corrected chi connectivity index (χ4v) is 2.39. The van der Waals surface area contributed by atoms with Gasteiger partial charge in [-0.3, -0.25) is 9.48 Å². The summed E-state index contributed by atoms with van der Waals surface area (Å²) in [6.07, 6.45) is 3.21. The topological polar surface area (TPSA) is 75.4 Å². The Balaban J connectivity index is 1.83. The van der Waals surface area contributed by atoms with E-state index in [1.807, 2.05) is 0 Å². The molecule has 2 heterocycles. The summed E-state index contributed by atoms with van der Waals surface area (Å²) in [6.45, 7) is 0.938. The van der Waals surface area contributed by atoms with Crippen molar-refractivity contribution >= 4 is 11.9 Å². The van der Waals surface area contributed by atoms with E-state index in [-0.39, 0.29) is 11.5 Å². The molecule has 1 aliphatic heterocycles. The number of fused-ring (bicyclic) bond motifs is 1. The average molecular weight is 271 g/mol. The van der Waals surface area contributed by atoms with Gasteiger partial charge in [-0.2, -0.15) is 5.10 Å². The maximum absolute atomic E-state index is 12.3. The number of hydrogen-bond donors (Lipinski definition) is 1. The maximum Gasteiger partial charge on any atom is 0.335 e. The largest absolute Gasteiger partial charge is 0.478 e. The SMILES string of the molecule is Cn1cc(C(=O)N2Cc3ccc(C(=O)O)cc3C2)cn1. The Morgan fingerprint density at radius 3 is 2.60 bits per heavy atom. The predicted molar refractivity (Wildman–Crippen MR) is 70.2 cm³/mol. The van der Waals surface area contributed by atoms with Crippen molar-refractivity contribution in [1.82, 2.24) is 14.7 Å². The zero-order valence-corrected chi connectivity index (χ0v) is 10.9. The monoisotopic (exact) mass is 271 g/mol. The molecule has 1 aromatic carbocycles. The summed E-state index contributed by atoms with van der Waals surface area (Å²) >= 11 is 0. The van der Waals surface area contributed by atoms with Gasteiger partial charge in [-0.1, -0.05) is 6.07 Å². The second kappa shape index (κ2) is 4.48. The number of carboxylic acid groups (broad SMARTS) is 1. The quantitative estimate of drug-likeness (QED) is 0.892. The van der Waals surface area contributed by atoms with Crippen molar-refractivity contribution < 1.29 is 14.7 Å². The number of benzene rings is 1. The molecule has 0 bridgehead atoms. The first-order valence-electron chi connectivity index (χ1n) is 6.17. The number of aryl methyl sites for hydroxylation is 1. The van der Waals surface area contributed by atoms with Gasteiger partial charge in [-0.05, 0) is 23.3 Å². The number of aromatic nitrogens is 2. The third-order valence-electron chi connectivity index (χ3n) is 3.41. The Bertz CT molecular complexity index is 705. The summed E-state index contributed by atoms with van der Waals surface area (Å²) in [5, 5.41) is 13.0. The number of nitrogens with zero attached hydrogens (tertiary/aromatic N) is 3. The van der Waals surface area contributed by atoms with E-state index in [1.165, 1.54) is 6.20 Å². The second-order valence-corrected chi connectivity index (χ2v) is 4.85. The molecular weight excluding hydrogens is 258 g/mol. The van der Waals surface area contributed by atoms with Crippen LogP contribution in [0.3, 0.4) is 0 Å². The molecule has 2 aromatic rings. The summed E-state index contributed by atoms with van der Waals surface area (Å²) in [6, 6.07) is 4.97. The number of hydrogen-bond acceptors (Lipinski definition) is 3. The predicted octanol–water partition coefficient (Wildman–Crippen LogP) is 1.27. The number of rotatable bonds is 2. The van der Waals surface area contributed by atoms with E-state index in [0.29, 0.717) is 18.7 Å². The molecule has 20 heavy (non-hydrogen) atoms. The molecule has 1 N–H and O–H groups in total. The van der Waals surface area contributed by atoms with Crippen LogP contribution in [-0.2, 0) is 20.1 Å². The van der Waals surface area contributed by atoms with E-state index in [9.17, 15) is 9.59 Å². The zero-order valence-electron chi connectivity index (χ0n) is 10.9. The van der Waals surface area contributed by atoms with Crippen LogP contribution in [-0.4, -0.2) is 31.7 Å². The highest BCUT2D eigenvalue weighted by molar-refractivity contribution is 5.94. The molecular formula is C14H13N3O3. The lowest BCUT2D eigenvalue weighted by atomic mass is 10.1. The third kappa shape index (κ3) is 2.05. The Hall–Kier alpha value is -2.63. The van der Waals surface area contributed by atoms with Crippen molar-refractivity contribution in [2.24, 2.45) is 7.05 Å². The number of aromatic carboxylic acids is 1. The summed E-state index contributed by atoms with van der Waals surface area (Å²) in [4.78, 5) is 24.9. The molecule has 0 atom stereocenters. The normalized spacial score (nSPS) is 13.3. The van der Waals surface area contributed by atoms with Crippen molar-refractivity contribution in [3.05, 3.63) is 52.8 Å². The molecule has 1 aliphatic rings. The summed E-state index contributed by atoms with van der Waals surface area (Å²) in [5.41, 5.74) is 2.67. The van der Waals surface area contributed by atoms with Crippen molar-refractivity contribution in [1.29, 1.82) is 0 Å². The Morgan fingerprint density at radius 2 is 1.95 bits per heavy atom. The molecule has 1 aromatic heterocycles. The first kappa shape index (κ1) is 12.4. The van der Waals surface area contributed by atoms with Crippen LogP contribution in [0.15, 0.2) is 30.6 Å². The third-order valence-corrected chi connectivity index (χ3v) is 3.41. The molecule has 0 unspecified atom stereocenters. The minimum absolute atomic E-state index is 0.0915. The molecule has 0 spiro atoms. The van der Waals surface area contributed by atoms with E-state index >= 15 is 0 Å². The number of carboxylic acids is 1. The van der Waals surface area contributed by atoms with E-state index in [1.54, 1.807) is 41.0 Å². The maximum atomic E-state index is 12.3. The Labute approximate surface area is 115 Å². The minimum Gasteiger partial charge on any atom is -0.478 e. The van der Waals surface area contributed by atoms with E-state index in [2.05, 4.69) is 5.10 Å². The van der Waals surface area contributed by atoms with E-state index in [0.717, 1.165) is 11.1 Å². The van der Waals surface area contributed by atoms with Crippen LogP contribution in [0.25, 0.3) is 0 Å². The summed E-state index contributed by atoms with van der Waals surface area (Å²) < 4.78 is 1.58. The van der Waals surface area contributed by atoms with Gasteiger partial charge >= 0.3 is 5.97 Å². The molecule has 6 nitrogen and oxygen atoms in total. The lowest BCUT2D eigenvalue weighted by Gasteiger charge is -2.13. The standard InChI is InChI=1S/C14H13N3O3/c1-16-6-12(5-15-16)13(18)17-7-10-3-2-9(14(19)20)4-11(10)8-17/h2-6H,7-8H2,1H3,(H,19,20). The molecule has 3 rings (SSSR count). The lowest BCUT2D eigenvalue weighted by Crippen LogP contribution is -2.24. The smallest absolute Gasteiger partial charge is 0.335 e. The van der Waals surface area contributed by atoms with E-state index < -0.39 is 5.97 Å². The molecule has 102 valence electrons. The van der Waals surface area contributed by atoms with Crippen molar-refractivity contribution in [2.75, 3.05) is 0 Å². The highest BCUT2D eigenvalue weighted by Gasteiger charge is 2.25. The van der Waals surface area contributed by atoms with Crippen molar-refractivity contribution in [2.45, 2.75) is 13.1 Å². The average Bonchev–Trinajstić information content (AvgIpc) is 3.02. The van der Waals surface area contributed by atoms with E-state index in [4.69, 9.17) is 5.11 Å². The molecule has 0 radical (unpaired) electrons. The summed E-state index contributed by atoms with van der Waals surface area (Å²) in [5.74, 6) is -1.05. The minimum atomic E-state index is -0.954. The highest BCUT2D eigenvalue weighted by Crippen LogP contribution is 2.25. The second-order valence-electron chi connectivity index (χ2n) is 4.85. The zero-order chi connectivity index (χ0) is 14.3. The first-order chi connectivity index (χ1) is 9.54. The number of amides is 1. The highest BCUT2D eigenvalue weighted by atomic mass is 16.4. The molecule has 6 heteroatoms. The number of carbonyl (C=O) groups excluding carboxylic acids is 1. The fraction of sp³-hybridized carbons (Fsp3) is 0.214. The van der Waals surface area contributed by atoms with Crippen molar-refractivity contribution in [3.8, 4) is 0 Å².